The predicted molar refractivity (Wildman–Crippen MR) is 72.7 cm³/mol. The van der Waals surface area contributed by atoms with Gasteiger partial charge in [-0.1, -0.05) is 30.4 Å². The van der Waals surface area contributed by atoms with E-state index in [4.69, 9.17) is 4.74 Å². The number of ether oxygens (including phenoxy) is 1. The van der Waals surface area contributed by atoms with Gasteiger partial charge < -0.3 is 4.74 Å². The second-order valence-electron chi connectivity index (χ2n) is 5.39. The molecule has 0 amide bonds. The average Bonchev–Trinajstić information content (AvgIpc) is 2.59. The summed E-state index contributed by atoms with van der Waals surface area (Å²) in [5, 5.41) is -0.147. The molecule has 3 atom stereocenters. The summed E-state index contributed by atoms with van der Waals surface area (Å²) in [6, 6.07) is 10.0. The fraction of sp³-hybridized carbons (Fsp3) is 0.400. The van der Waals surface area contributed by atoms with Crippen LogP contribution in [0.25, 0.3) is 0 Å². The monoisotopic (exact) mass is 260 g/mol. The van der Waals surface area contributed by atoms with Crippen LogP contribution in [0.3, 0.4) is 0 Å². The number of fused-ring (bicyclic) bond motifs is 2. The molecule has 2 aliphatic heterocycles. The molecule has 18 heavy (non-hydrogen) atoms. The van der Waals surface area contributed by atoms with Crippen molar-refractivity contribution in [3.63, 3.8) is 0 Å². The number of thioether (sulfide) groups is 1. The van der Waals surface area contributed by atoms with E-state index in [9.17, 15) is 4.79 Å². The van der Waals surface area contributed by atoms with Crippen molar-refractivity contribution >= 4 is 17.5 Å². The Bertz CT molecular complexity index is 510. The average molecular weight is 260 g/mol. The van der Waals surface area contributed by atoms with Crippen LogP contribution in [0, 0.1) is 0 Å². The van der Waals surface area contributed by atoms with Crippen molar-refractivity contribution in [2.24, 2.45) is 0 Å². The molecule has 1 fully saturated rings. The molecule has 0 spiro atoms. The Balaban J connectivity index is 1.88. The normalized spacial score (nSPS) is 38.1. The molecule has 1 aromatic carbocycles. The quantitative estimate of drug-likeness (QED) is 0.764. The highest BCUT2D eigenvalue weighted by atomic mass is 32.2. The largest absolute Gasteiger partial charge is 0.359 e. The number of carbonyl (C=O) groups is 1. The molecule has 2 nitrogen and oxygen atoms in total. The van der Waals surface area contributed by atoms with E-state index >= 15 is 0 Å². The van der Waals surface area contributed by atoms with Crippen molar-refractivity contribution in [2.75, 3.05) is 0 Å². The van der Waals surface area contributed by atoms with E-state index in [1.807, 2.05) is 50.3 Å². The fourth-order valence-electron chi connectivity index (χ4n) is 2.72. The van der Waals surface area contributed by atoms with Gasteiger partial charge in [-0.3, -0.25) is 4.79 Å². The maximum absolute atomic E-state index is 12.3. The number of ketones is 1. The predicted octanol–water partition coefficient (Wildman–Crippen LogP) is 3.22. The molecule has 3 rings (SSSR count). The van der Waals surface area contributed by atoms with Gasteiger partial charge in [0.15, 0.2) is 5.78 Å². The Labute approximate surface area is 111 Å². The summed E-state index contributed by atoms with van der Waals surface area (Å²) < 4.78 is 6.07. The first kappa shape index (κ1) is 12.0. The second kappa shape index (κ2) is 3.97. The van der Waals surface area contributed by atoms with E-state index in [0.29, 0.717) is 6.42 Å². The summed E-state index contributed by atoms with van der Waals surface area (Å²) in [6.45, 7) is 3.99. The van der Waals surface area contributed by atoms with Crippen molar-refractivity contribution in [3.8, 4) is 0 Å². The summed E-state index contributed by atoms with van der Waals surface area (Å²) in [5.74, 6) is 0.283. The lowest BCUT2D eigenvalue weighted by Gasteiger charge is -2.41. The molecule has 2 aliphatic rings. The molecule has 0 aromatic heterocycles. The maximum atomic E-state index is 12.3. The Morgan fingerprint density at radius 3 is 2.67 bits per heavy atom. The second-order valence-corrected chi connectivity index (χ2v) is 6.56. The number of hydrogen-bond donors (Lipinski definition) is 0. The molecular formula is C15H16O2S. The van der Waals surface area contributed by atoms with Crippen molar-refractivity contribution in [1.29, 1.82) is 0 Å². The smallest absolute Gasteiger partial charge is 0.152 e. The zero-order valence-corrected chi connectivity index (χ0v) is 11.4. The zero-order chi connectivity index (χ0) is 12.8. The highest BCUT2D eigenvalue weighted by molar-refractivity contribution is 8.00. The van der Waals surface area contributed by atoms with Gasteiger partial charge in [0, 0.05) is 11.3 Å². The van der Waals surface area contributed by atoms with E-state index in [-0.39, 0.29) is 16.6 Å². The summed E-state index contributed by atoms with van der Waals surface area (Å²) >= 11 is 1.60. The lowest BCUT2D eigenvalue weighted by molar-refractivity contribution is -0.145. The Morgan fingerprint density at radius 2 is 1.94 bits per heavy atom. The Morgan fingerprint density at radius 1 is 1.22 bits per heavy atom. The van der Waals surface area contributed by atoms with Crippen LogP contribution in [0.15, 0.2) is 47.4 Å². The van der Waals surface area contributed by atoms with Crippen molar-refractivity contribution in [3.05, 3.63) is 42.5 Å². The molecule has 0 N–H and O–H groups in total. The molecule has 2 heterocycles. The first-order chi connectivity index (χ1) is 8.51. The van der Waals surface area contributed by atoms with E-state index in [2.05, 4.69) is 6.08 Å². The van der Waals surface area contributed by atoms with Gasteiger partial charge in [0.25, 0.3) is 0 Å². The van der Waals surface area contributed by atoms with Crippen molar-refractivity contribution < 1.29 is 9.53 Å². The van der Waals surface area contributed by atoms with Gasteiger partial charge >= 0.3 is 0 Å². The number of hydrogen-bond acceptors (Lipinski definition) is 3. The van der Waals surface area contributed by atoms with Crippen LogP contribution < -0.4 is 0 Å². The van der Waals surface area contributed by atoms with Crippen LogP contribution in [0.4, 0.5) is 0 Å². The van der Waals surface area contributed by atoms with Gasteiger partial charge in [-0.05, 0) is 26.0 Å². The standard InChI is InChI=1S/C15H16O2S/c1-14-8-9-15(2,17-14)13(12(16)10-14)18-11-6-4-3-5-7-11/h3-9,13H,10H2,1-2H3/t13-,14+,15-/m1/s1. The Hall–Kier alpha value is -1.06. The third kappa shape index (κ3) is 1.91. The molecule has 3 heteroatoms. The van der Waals surface area contributed by atoms with Crippen LogP contribution >= 0.6 is 11.8 Å². The molecule has 0 radical (unpaired) electrons. The third-order valence-electron chi connectivity index (χ3n) is 3.56. The van der Waals surface area contributed by atoms with E-state index in [1.165, 1.54) is 0 Å². The van der Waals surface area contributed by atoms with Crippen LogP contribution in [0.1, 0.15) is 20.3 Å². The fourth-order valence-corrected chi connectivity index (χ4v) is 3.89. The summed E-state index contributed by atoms with van der Waals surface area (Å²) in [5.41, 5.74) is -0.857. The van der Waals surface area contributed by atoms with Gasteiger partial charge in [0.05, 0.1) is 5.60 Å². The molecule has 0 saturated carbocycles. The zero-order valence-electron chi connectivity index (χ0n) is 10.6. The number of rotatable bonds is 2. The van der Waals surface area contributed by atoms with Gasteiger partial charge in [-0.2, -0.15) is 0 Å². The minimum absolute atomic E-state index is 0.147. The van der Waals surface area contributed by atoms with Crippen molar-refractivity contribution in [2.45, 2.75) is 41.6 Å². The van der Waals surface area contributed by atoms with E-state index in [0.717, 1.165) is 4.90 Å². The van der Waals surface area contributed by atoms with Crippen molar-refractivity contribution in [1.82, 2.24) is 0 Å². The number of carbonyl (C=O) groups excluding carboxylic acids is 1. The molecular weight excluding hydrogens is 244 g/mol. The highest BCUT2D eigenvalue weighted by Gasteiger charge is 2.53. The Kier molecular flexibility index (Phi) is 2.65. The first-order valence-corrected chi connectivity index (χ1v) is 7.04. The minimum Gasteiger partial charge on any atom is -0.359 e. The van der Waals surface area contributed by atoms with Crippen LogP contribution in [-0.4, -0.2) is 22.2 Å². The van der Waals surface area contributed by atoms with Gasteiger partial charge in [-0.25, -0.2) is 0 Å². The third-order valence-corrected chi connectivity index (χ3v) is 5.07. The minimum atomic E-state index is -0.468. The van der Waals surface area contributed by atoms with Crippen LogP contribution in [-0.2, 0) is 9.53 Å². The molecule has 1 aromatic rings. The molecule has 0 unspecified atom stereocenters. The SMILES string of the molecule is C[C@@]12C=C[C@@](C)(O1)[C@H](Sc1ccccc1)C(=O)C2. The maximum Gasteiger partial charge on any atom is 0.152 e. The van der Waals surface area contributed by atoms with E-state index < -0.39 is 5.60 Å². The highest BCUT2D eigenvalue weighted by Crippen LogP contribution is 2.47. The lowest BCUT2D eigenvalue weighted by Crippen LogP contribution is -2.51. The molecule has 0 aliphatic carbocycles. The lowest BCUT2D eigenvalue weighted by atomic mass is 9.92. The van der Waals surface area contributed by atoms with Gasteiger partial charge in [0.1, 0.15) is 10.9 Å². The van der Waals surface area contributed by atoms with Crippen LogP contribution in [0.5, 0.6) is 0 Å². The van der Waals surface area contributed by atoms with Gasteiger partial charge in [0.2, 0.25) is 0 Å². The molecule has 1 saturated heterocycles. The number of Topliss-reactive ketones (excluding diaryl/α,β-unsaturated/α-hetero) is 1. The topological polar surface area (TPSA) is 26.3 Å². The summed E-state index contributed by atoms with van der Waals surface area (Å²) in [7, 11) is 0. The summed E-state index contributed by atoms with van der Waals surface area (Å²) in [6.07, 6.45) is 4.57. The molecule has 94 valence electrons. The van der Waals surface area contributed by atoms with E-state index in [1.54, 1.807) is 11.8 Å². The van der Waals surface area contributed by atoms with Gasteiger partial charge in [-0.15, -0.1) is 11.8 Å². The van der Waals surface area contributed by atoms with Crippen LogP contribution in [0.2, 0.25) is 0 Å². The first-order valence-electron chi connectivity index (χ1n) is 6.16. The molecule has 2 bridgehead atoms. The summed E-state index contributed by atoms with van der Waals surface area (Å²) in [4.78, 5) is 13.4. The number of benzene rings is 1.